The largest absolute Gasteiger partial charge is 0.493 e. The van der Waals surface area contributed by atoms with Crippen molar-refractivity contribution in [3.63, 3.8) is 0 Å². The van der Waals surface area contributed by atoms with Gasteiger partial charge in [-0.3, -0.25) is 9.98 Å². The van der Waals surface area contributed by atoms with Crippen molar-refractivity contribution >= 4 is 23.2 Å². The highest BCUT2D eigenvalue weighted by Crippen LogP contribution is 2.23. The van der Waals surface area contributed by atoms with Crippen molar-refractivity contribution in [3.05, 3.63) is 81.9 Å². The van der Waals surface area contributed by atoms with Gasteiger partial charge < -0.3 is 15.4 Å². The molecule has 4 aromatic heterocycles. The molecule has 0 saturated heterocycles. The molecular weight excluding hydrogens is 422 g/mol. The molecule has 4 N–H and O–H groups in total. The number of H-pyrrole nitrogens is 2. The third-order valence-corrected chi connectivity index (χ3v) is 5.29. The standard InChI is InChI=1S/C22H19N9O2/c32-21-17(27-22(33)29-21)10-13-12-24-31-19(26-15-2-3-15)11-18(28-20(13)31)25-14-4-6-16(7-5-14)30-9-1-8-23-30/h1,4-12,15,25,32H,2-3H2,(H2,27,29,33)/b13-10+,26-19?. The van der Waals surface area contributed by atoms with Crippen LogP contribution in [0.15, 0.2) is 64.8 Å². The normalized spacial score (nSPS) is 14.9. The fourth-order valence-corrected chi connectivity index (χ4v) is 3.53. The summed E-state index contributed by atoms with van der Waals surface area (Å²) in [4.78, 5) is 25.8. The van der Waals surface area contributed by atoms with E-state index in [1.807, 2.05) is 42.6 Å². The number of benzene rings is 1. The first-order chi connectivity index (χ1) is 16.1. The maximum atomic E-state index is 11.5. The number of imidazole rings is 1. The van der Waals surface area contributed by atoms with Crippen LogP contribution in [0, 0.1) is 0 Å². The van der Waals surface area contributed by atoms with Crippen molar-refractivity contribution in [2.75, 3.05) is 5.32 Å². The zero-order valence-electron chi connectivity index (χ0n) is 17.3. The molecule has 0 spiro atoms. The second-order valence-corrected chi connectivity index (χ2v) is 7.80. The van der Waals surface area contributed by atoms with Crippen molar-refractivity contribution in [3.8, 4) is 11.6 Å². The maximum Gasteiger partial charge on any atom is 0.326 e. The zero-order chi connectivity index (χ0) is 22.4. The minimum Gasteiger partial charge on any atom is -0.493 e. The number of anilines is 2. The number of hydrogen-bond acceptors (Lipinski definition) is 7. The predicted octanol–water partition coefficient (Wildman–Crippen LogP) is 0.991. The Hall–Kier alpha value is -4.67. The van der Waals surface area contributed by atoms with Gasteiger partial charge in [0.1, 0.15) is 11.5 Å². The number of nitrogens with one attached hydrogen (secondary N) is 3. The van der Waals surface area contributed by atoms with Crippen LogP contribution in [-0.2, 0) is 0 Å². The number of nitrogens with zero attached hydrogens (tertiary/aromatic N) is 6. The van der Waals surface area contributed by atoms with Crippen LogP contribution in [0.5, 0.6) is 5.88 Å². The van der Waals surface area contributed by atoms with E-state index in [1.54, 1.807) is 27.7 Å². The average Bonchev–Trinajstić information content (AvgIpc) is 3.17. The third kappa shape index (κ3) is 3.76. The van der Waals surface area contributed by atoms with Gasteiger partial charge in [-0.15, -0.1) is 0 Å². The van der Waals surface area contributed by atoms with Gasteiger partial charge in [-0.2, -0.15) is 14.7 Å². The number of aromatic amines is 2. The molecule has 0 amide bonds. The zero-order valence-corrected chi connectivity index (χ0v) is 17.3. The van der Waals surface area contributed by atoms with Gasteiger partial charge in [0, 0.05) is 29.4 Å². The molecule has 11 nitrogen and oxygen atoms in total. The minimum absolute atomic E-state index is 0.242. The molecule has 0 bridgehead atoms. The first-order valence-electron chi connectivity index (χ1n) is 10.5. The van der Waals surface area contributed by atoms with Crippen molar-refractivity contribution in [1.82, 2.24) is 34.3 Å². The molecule has 33 heavy (non-hydrogen) atoms. The van der Waals surface area contributed by atoms with Gasteiger partial charge in [0.05, 0.1) is 17.9 Å². The number of hydrogen-bond donors (Lipinski definition) is 4. The van der Waals surface area contributed by atoms with Crippen molar-refractivity contribution in [2.45, 2.75) is 18.9 Å². The molecule has 1 aliphatic rings. The highest BCUT2D eigenvalue weighted by molar-refractivity contribution is 5.62. The van der Waals surface area contributed by atoms with Crippen LogP contribution in [-0.4, -0.2) is 45.5 Å². The van der Waals surface area contributed by atoms with E-state index < -0.39 is 5.69 Å². The summed E-state index contributed by atoms with van der Waals surface area (Å²) in [6.07, 6.45) is 8.98. The van der Waals surface area contributed by atoms with E-state index in [-0.39, 0.29) is 11.6 Å². The van der Waals surface area contributed by atoms with E-state index in [0.717, 1.165) is 24.2 Å². The summed E-state index contributed by atoms with van der Waals surface area (Å²) in [7, 11) is 0. The molecule has 0 unspecified atom stereocenters. The summed E-state index contributed by atoms with van der Waals surface area (Å²) in [5.74, 6) is 0.365. The van der Waals surface area contributed by atoms with Gasteiger partial charge in [-0.05, 0) is 49.2 Å². The smallest absolute Gasteiger partial charge is 0.326 e. The molecule has 164 valence electrons. The topological polar surface area (TPSA) is 141 Å². The summed E-state index contributed by atoms with van der Waals surface area (Å²) in [6.45, 7) is 0. The summed E-state index contributed by atoms with van der Waals surface area (Å²) in [5.41, 5.74) is 2.81. The second kappa shape index (κ2) is 7.48. The molecule has 0 aliphatic heterocycles. The highest BCUT2D eigenvalue weighted by Gasteiger charge is 2.20. The van der Waals surface area contributed by atoms with Gasteiger partial charge in [0.2, 0.25) is 5.88 Å². The molecule has 1 saturated carbocycles. The SMILES string of the molecule is O=c1[nH]c(O)c(/C=c2\cnn3c(=NC4CC4)cc(Nc4ccc(-n5cccn5)cc4)nc23)[nH]1. The molecule has 0 radical (unpaired) electrons. The van der Waals surface area contributed by atoms with Crippen LogP contribution in [0.1, 0.15) is 18.5 Å². The van der Waals surface area contributed by atoms with Gasteiger partial charge in [0.25, 0.3) is 0 Å². The van der Waals surface area contributed by atoms with Crippen LogP contribution >= 0.6 is 0 Å². The summed E-state index contributed by atoms with van der Waals surface area (Å²) in [5, 5.41) is 22.6. The third-order valence-electron chi connectivity index (χ3n) is 5.29. The fourth-order valence-electron chi connectivity index (χ4n) is 3.53. The maximum absolute atomic E-state index is 11.5. The van der Waals surface area contributed by atoms with E-state index in [4.69, 9.17) is 9.98 Å². The van der Waals surface area contributed by atoms with Crippen LogP contribution in [0.3, 0.4) is 0 Å². The van der Waals surface area contributed by atoms with Crippen molar-refractivity contribution < 1.29 is 5.11 Å². The van der Waals surface area contributed by atoms with E-state index in [9.17, 15) is 9.90 Å². The number of aromatic nitrogens is 7. The van der Waals surface area contributed by atoms with Gasteiger partial charge in [-0.25, -0.2) is 14.5 Å². The lowest BCUT2D eigenvalue weighted by atomic mass is 10.3. The molecule has 0 atom stereocenters. The Kier molecular flexibility index (Phi) is 4.32. The monoisotopic (exact) mass is 441 g/mol. The molecule has 1 fully saturated rings. The quantitative estimate of drug-likeness (QED) is 0.321. The molecule has 1 aromatic carbocycles. The first-order valence-corrected chi connectivity index (χ1v) is 10.5. The van der Waals surface area contributed by atoms with E-state index in [2.05, 4.69) is 25.5 Å². The Balaban J connectivity index is 1.43. The van der Waals surface area contributed by atoms with Crippen LogP contribution in [0.25, 0.3) is 17.4 Å². The van der Waals surface area contributed by atoms with Crippen molar-refractivity contribution in [1.29, 1.82) is 0 Å². The lowest BCUT2D eigenvalue weighted by Crippen LogP contribution is -2.19. The lowest BCUT2D eigenvalue weighted by molar-refractivity contribution is 0.454. The average molecular weight is 441 g/mol. The summed E-state index contributed by atoms with van der Waals surface area (Å²) < 4.78 is 3.45. The Morgan fingerprint density at radius 2 is 2.03 bits per heavy atom. The molecular formula is C22H19N9O2. The van der Waals surface area contributed by atoms with Gasteiger partial charge in [0.15, 0.2) is 11.1 Å². The molecule has 5 aromatic rings. The Bertz CT molecular complexity index is 1620. The first kappa shape index (κ1) is 19.0. The van der Waals surface area contributed by atoms with Gasteiger partial charge >= 0.3 is 5.69 Å². The number of aromatic hydroxyl groups is 1. The summed E-state index contributed by atoms with van der Waals surface area (Å²) in [6, 6.07) is 11.9. The Labute approximate surface area is 185 Å². The van der Waals surface area contributed by atoms with E-state index in [1.165, 1.54) is 0 Å². The second-order valence-electron chi connectivity index (χ2n) is 7.80. The summed E-state index contributed by atoms with van der Waals surface area (Å²) >= 11 is 0. The Morgan fingerprint density at radius 3 is 2.73 bits per heavy atom. The van der Waals surface area contributed by atoms with Crippen molar-refractivity contribution in [2.24, 2.45) is 4.99 Å². The predicted molar refractivity (Wildman–Crippen MR) is 120 cm³/mol. The fraction of sp³-hybridized carbons (Fsp3) is 0.136. The minimum atomic E-state index is -0.492. The van der Waals surface area contributed by atoms with E-state index in [0.29, 0.717) is 28.2 Å². The van der Waals surface area contributed by atoms with Crippen LogP contribution < -0.4 is 21.7 Å². The number of fused-ring (bicyclic) bond motifs is 1. The van der Waals surface area contributed by atoms with E-state index >= 15 is 0 Å². The van der Waals surface area contributed by atoms with Gasteiger partial charge in [-0.1, -0.05) is 0 Å². The number of rotatable bonds is 5. The lowest BCUT2D eigenvalue weighted by Gasteiger charge is -2.08. The van der Waals surface area contributed by atoms with Crippen LogP contribution in [0.2, 0.25) is 0 Å². The highest BCUT2D eigenvalue weighted by atomic mass is 16.3. The molecule has 1 aliphatic carbocycles. The molecule has 11 heteroatoms. The Morgan fingerprint density at radius 1 is 1.18 bits per heavy atom. The molecule has 6 rings (SSSR count). The molecule has 4 heterocycles. The van der Waals surface area contributed by atoms with Crippen LogP contribution in [0.4, 0.5) is 11.5 Å².